The Hall–Kier alpha value is -1.08. The van der Waals surface area contributed by atoms with Gasteiger partial charge in [0.05, 0.1) is 12.7 Å². The zero-order chi connectivity index (χ0) is 12.3. The molecule has 0 aromatic carbocycles. The molecule has 0 N–H and O–H groups in total. The Morgan fingerprint density at radius 2 is 2.24 bits per heavy atom. The van der Waals surface area contributed by atoms with E-state index < -0.39 is 0 Å². The van der Waals surface area contributed by atoms with Crippen molar-refractivity contribution >= 4 is 0 Å². The van der Waals surface area contributed by atoms with Gasteiger partial charge in [-0.15, -0.1) is 0 Å². The van der Waals surface area contributed by atoms with Crippen molar-refractivity contribution in [3.63, 3.8) is 0 Å². The third-order valence-corrected chi connectivity index (χ3v) is 3.78. The van der Waals surface area contributed by atoms with Gasteiger partial charge in [0.25, 0.3) is 0 Å². The zero-order valence-corrected chi connectivity index (χ0v) is 10.7. The van der Waals surface area contributed by atoms with Crippen LogP contribution in [0.1, 0.15) is 32.6 Å². The molecule has 0 aromatic heterocycles. The van der Waals surface area contributed by atoms with E-state index in [2.05, 4.69) is 32.2 Å². The largest absolute Gasteiger partial charge is 0.369 e. The summed E-state index contributed by atoms with van der Waals surface area (Å²) in [4.78, 5) is 0. The summed E-state index contributed by atoms with van der Waals surface area (Å²) in [6, 6.07) is 0. The highest BCUT2D eigenvalue weighted by molar-refractivity contribution is 5.22. The summed E-state index contributed by atoms with van der Waals surface area (Å²) in [7, 11) is 0. The van der Waals surface area contributed by atoms with E-state index in [0.717, 1.165) is 32.3 Å². The van der Waals surface area contributed by atoms with Gasteiger partial charge in [0.1, 0.15) is 0 Å². The maximum Gasteiger partial charge on any atom is 0.0828 e. The summed E-state index contributed by atoms with van der Waals surface area (Å²) < 4.78 is 5.82. The van der Waals surface area contributed by atoms with Gasteiger partial charge < -0.3 is 4.74 Å². The van der Waals surface area contributed by atoms with E-state index >= 15 is 0 Å². The monoisotopic (exact) mass is 230 g/mol. The standard InChI is InChI=1S/C16H22O/c1-4-14-7-5-6-12(2)10-16-15(9-8-14)13(3)11-17-16/h4,7,10,15-16H,1,3,5-6,8-9,11H2,2H3/b12-10+,14-7-/t15-,16+/m0/s1. The molecule has 2 rings (SSSR count). The molecule has 0 aromatic rings. The molecule has 1 nitrogen and oxygen atoms in total. The molecule has 92 valence electrons. The smallest absolute Gasteiger partial charge is 0.0828 e. The van der Waals surface area contributed by atoms with Crippen molar-refractivity contribution in [2.75, 3.05) is 6.61 Å². The van der Waals surface area contributed by atoms with Crippen LogP contribution >= 0.6 is 0 Å². The highest BCUT2D eigenvalue weighted by atomic mass is 16.5. The van der Waals surface area contributed by atoms with Gasteiger partial charge in [-0.05, 0) is 38.2 Å². The maximum absolute atomic E-state index is 5.82. The fraction of sp³-hybridized carbons (Fsp3) is 0.500. The van der Waals surface area contributed by atoms with Gasteiger partial charge in [-0.25, -0.2) is 0 Å². The van der Waals surface area contributed by atoms with Gasteiger partial charge in [-0.1, -0.05) is 42.5 Å². The molecule has 1 fully saturated rings. The molecule has 0 unspecified atom stereocenters. The first-order chi connectivity index (χ1) is 8.20. The number of ether oxygens (including phenoxy) is 1. The molecule has 2 atom stereocenters. The van der Waals surface area contributed by atoms with Crippen LogP contribution in [0, 0.1) is 5.92 Å². The Balaban J connectivity index is 2.19. The molecular weight excluding hydrogens is 208 g/mol. The van der Waals surface area contributed by atoms with Gasteiger partial charge in [-0.2, -0.15) is 0 Å². The van der Waals surface area contributed by atoms with E-state index in [4.69, 9.17) is 4.74 Å². The normalized spacial score (nSPS) is 36.4. The molecule has 0 spiro atoms. The Kier molecular flexibility index (Phi) is 4.01. The Morgan fingerprint density at radius 3 is 3.00 bits per heavy atom. The molecular formula is C16H22O. The molecule has 17 heavy (non-hydrogen) atoms. The van der Waals surface area contributed by atoms with Crippen molar-refractivity contribution < 1.29 is 4.74 Å². The van der Waals surface area contributed by atoms with Gasteiger partial charge >= 0.3 is 0 Å². The fourth-order valence-corrected chi connectivity index (χ4v) is 2.65. The van der Waals surface area contributed by atoms with Crippen molar-refractivity contribution in [1.82, 2.24) is 0 Å². The van der Waals surface area contributed by atoms with E-state index in [0.29, 0.717) is 5.92 Å². The molecule has 0 saturated carbocycles. The van der Waals surface area contributed by atoms with E-state index in [9.17, 15) is 0 Å². The third-order valence-electron chi connectivity index (χ3n) is 3.78. The quantitative estimate of drug-likeness (QED) is 0.614. The molecule has 1 saturated heterocycles. The highest BCUT2D eigenvalue weighted by Crippen LogP contribution is 2.33. The molecule has 1 heteroatoms. The maximum atomic E-state index is 5.82. The predicted octanol–water partition coefficient (Wildman–Crippen LogP) is 4.19. The summed E-state index contributed by atoms with van der Waals surface area (Å²) in [5.41, 5.74) is 4.05. The van der Waals surface area contributed by atoms with Crippen LogP contribution in [0.25, 0.3) is 0 Å². The Labute approximate surface area is 105 Å². The van der Waals surface area contributed by atoms with Crippen LogP contribution in [-0.4, -0.2) is 12.7 Å². The molecule has 1 aliphatic heterocycles. The van der Waals surface area contributed by atoms with Gasteiger partial charge in [0.2, 0.25) is 0 Å². The first kappa shape index (κ1) is 12.4. The lowest BCUT2D eigenvalue weighted by atomic mass is 9.88. The van der Waals surface area contributed by atoms with Crippen LogP contribution in [-0.2, 0) is 4.74 Å². The second kappa shape index (κ2) is 5.50. The van der Waals surface area contributed by atoms with Crippen molar-refractivity contribution in [3.05, 3.63) is 48.1 Å². The Morgan fingerprint density at radius 1 is 1.41 bits per heavy atom. The van der Waals surface area contributed by atoms with E-state index in [1.807, 2.05) is 6.08 Å². The summed E-state index contributed by atoms with van der Waals surface area (Å²) >= 11 is 0. The van der Waals surface area contributed by atoms with Crippen molar-refractivity contribution in [2.24, 2.45) is 5.92 Å². The lowest BCUT2D eigenvalue weighted by Crippen LogP contribution is -2.15. The topological polar surface area (TPSA) is 9.23 Å². The number of hydrogen-bond donors (Lipinski definition) is 0. The number of fused-ring (bicyclic) bond motifs is 1. The molecule has 0 amide bonds. The second-order valence-corrected chi connectivity index (χ2v) is 5.11. The molecule has 0 radical (unpaired) electrons. The van der Waals surface area contributed by atoms with Crippen LogP contribution in [0.5, 0.6) is 0 Å². The minimum Gasteiger partial charge on any atom is -0.369 e. The van der Waals surface area contributed by atoms with Gasteiger partial charge in [0.15, 0.2) is 0 Å². The average Bonchev–Trinajstić information content (AvgIpc) is 2.65. The second-order valence-electron chi connectivity index (χ2n) is 5.11. The summed E-state index contributed by atoms with van der Waals surface area (Å²) in [5, 5.41) is 0. The van der Waals surface area contributed by atoms with Crippen LogP contribution < -0.4 is 0 Å². The zero-order valence-electron chi connectivity index (χ0n) is 10.7. The van der Waals surface area contributed by atoms with E-state index in [1.165, 1.54) is 16.7 Å². The van der Waals surface area contributed by atoms with Crippen LogP contribution in [0.4, 0.5) is 0 Å². The molecule has 2 aliphatic rings. The third kappa shape index (κ3) is 2.98. The molecule has 1 heterocycles. The van der Waals surface area contributed by atoms with Crippen LogP contribution in [0.2, 0.25) is 0 Å². The molecule has 1 aliphatic carbocycles. The first-order valence-corrected chi connectivity index (χ1v) is 6.48. The van der Waals surface area contributed by atoms with Crippen LogP contribution in [0.3, 0.4) is 0 Å². The lowest BCUT2D eigenvalue weighted by molar-refractivity contribution is 0.125. The van der Waals surface area contributed by atoms with Crippen molar-refractivity contribution in [2.45, 2.75) is 38.7 Å². The van der Waals surface area contributed by atoms with Crippen LogP contribution in [0.15, 0.2) is 48.1 Å². The summed E-state index contributed by atoms with van der Waals surface area (Å²) in [6.07, 6.45) is 11.3. The Bertz CT molecular complexity index is 373. The lowest BCUT2D eigenvalue weighted by Gasteiger charge is -2.18. The molecule has 0 bridgehead atoms. The van der Waals surface area contributed by atoms with E-state index in [-0.39, 0.29) is 6.10 Å². The van der Waals surface area contributed by atoms with E-state index in [1.54, 1.807) is 0 Å². The first-order valence-electron chi connectivity index (χ1n) is 6.48. The van der Waals surface area contributed by atoms with Crippen molar-refractivity contribution in [3.8, 4) is 0 Å². The minimum atomic E-state index is 0.256. The minimum absolute atomic E-state index is 0.256. The van der Waals surface area contributed by atoms with Gasteiger partial charge in [0, 0.05) is 5.92 Å². The summed E-state index contributed by atoms with van der Waals surface area (Å²) in [5.74, 6) is 0.492. The summed E-state index contributed by atoms with van der Waals surface area (Å²) in [6.45, 7) is 11.0. The fourth-order valence-electron chi connectivity index (χ4n) is 2.65. The number of allylic oxidation sites excluding steroid dienone is 4. The number of rotatable bonds is 1. The number of hydrogen-bond acceptors (Lipinski definition) is 1. The van der Waals surface area contributed by atoms with Gasteiger partial charge in [-0.3, -0.25) is 0 Å². The van der Waals surface area contributed by atoms with Crippen molar-refractivity contribution in [1.29, 1.82) is 0 Å². The SMILES string of the molecule is C=C/C1=C/CC/C(C)=C/[C@H]2OCC(=C)[C@@H]2CC1. The highest BCUT2D eigenvalue weighted by Gasteiger charge is 2.29. The predicted molar refractivity (Wildman–Crippen MR) is 72.9 cm³/mol. The average molecular weight is 230 g/mol.